The van der Waals surface area contributed by atoms with Crippen molar-refractivity contribution >= 4 is 22.4 Å². The number of phenols is 1. The summed E-state index contributed by atoms with van der Waals surface area (Å²) < 4.78 is 30.4. The van der Waals surface area contributed by atoms with Gasteiger partial charge in [0.1, 0.15) is 5.75 Å². The van der Waals surface area contributed by atoms with Gasteiger partial charge < -0.3 is 20.5 Å². The number of aromatic hydroxyl groups is 1. The molecule has 0 radical (unpaired) electrons. The molecular weight excluding hydrogens is 317 g/mol. The fourth-order valence-electron chi connectivity index (χ4n) is 2.68. The number of fused-ring (bicyclic) bond motifs is 1. The molecule has 23 heavy (non-hydrogen) atoms. The molecule has 120 valence electrons. The van der Waals surface area contributed by atoms with Crippen molar-refractivity contribution in [3.05, 3.63) is 53.1 Å². The zero-order chi connectivity index (χ0) is 16.6. The molecule has 6 nitrogen and oxygen atoms in total. The van der Waals surface area contributed by atoms with Gasteiger partial charge in [0.25, 0.3) is 0 Å². The van der Waals surface area contributed by atoms with Crippen molar-refractivity contribution in [1.82, 2.24) is 0 Å². The van der Waals surface area contributed by atoms with Crippen molar-refractivity contribution in [2.24, 2.45) is 5.73 Å². The molecule has 0 unspecified atom stereocenters. The molecule has 0 saturated carbocycles. The maximum Gasteiger partial charge on any atom is 0.491 e. The Bertz CT molecular complexity index is 853. The number of rotatable bonds is 4. The number of hydrogen-bond donors (Lipinski definition) is 3. The molecule has 0 saturated heterocycles. The van der Waals surface area contributed by atoms with Gasteiger partial charge in [-0.15, -0.1) is 0 Å². The Labute approximate surface area is 134 Å². The third kappa shape index (κ3) is 3.11. The molecule has 0 bridgehead atoms. The molecule has 2 aromatic rings. The summed E-state index contributed by atoms with van der Waals surface area (Å²) in [4.78, 5) is 0.107. The van der Waals surface area contributed by atoms with E-state index in [0.29, 0.717) is 23.2 Å². The van der Waals surface area contributed by atoms with Crippen molar-refractivity contribution in [3.8, 4) is 5.75 Å². The molecule has 0 aliphatic carbocycles. The standard InChI is InChI=1S/C15H16BNO5S/c17-7-12-6-13(18)3-4-15(12)23(20,21)9-10-1-2-11-8-22-16(19)14(11)5-10/h1-6,18-19H,7-9,17H2. The molecular formula is C15H16BNO5S. The summed E-state index contributed by atoms with van der Waals surface area (Å²) in [5.74, 6) is -0.243. The first-order chi connectivity index (χ1) is 10.9. The van der Waals surface area contributed by atoms with E-state index < -0.39 is 17.0 Å². The van der Waals surface area contributed by atoms with Crippen LogP contribution in [0.25, 0.3) is 0 Å². The first-order valence-electron chi connectivity index (χ1n) is 7.07. The van der Waals surface area contributed by atoms with Crippen LogP contribution in [0, 0.1) is 0 Å². The number of phenolic OH excluding ortho intramolecular Hbond substituents is 1. The molecule has 0 atom stereocenters. The normalized spacial score (nSPS) is 14.1. The van der Waals surface area contributed by atoms with Crippen molar-refractivity contribution < 1.29 is 23.2 Å². The van der Waals surface area contributed by atoms with E-state index >= 15 is 0 Å². The molecule has 8 heteroatoms. The number of benzene rings is 2. The highest BCUT2D eigenvalue weighted by Gasteiger charge is 2.28. The summed E-state index contributed by atoms with van der Waals surface area (Å²) >= 11 is 0. The summed E-state index contributed by atoms with van der Waals surface area (Å²) in [6.45, 7) is 0.332. The minimum atomic E-state index is -3.62. The van der Waals surface area contributed by atoms with Crippen molar-refractivity contribution in [2.75, 3.05) is 0 Å². The summed E-state index contributed by atoms with van der Waals surface area (Å²) in [5, 5.41) is 19.2. The summed E-state index contributed by atoms with van der Waals surface area (Å²) in [6, 6.07) is 9.15. The van der Waals surface area contributed by atoms with Crippen LogP contribution in [0.1, 0.15) is 16.7 Å². The smallest absolute Gasteiger partial charge is 0.491 e. The predicted octanol–water partition coefficient (Wildman–Crippen LogP) is 0.0425. The van der Waals surface area contributed by atoms with Gasteiger partial charge in [-0.1, -0.05) is 18.2 Å². The lowest BCUT2D eigenvalue weighted by molar-refractivity contribution is 0.275. The van der Waals surface area contributed by atoms with Crippen LogP contribution >= 0.6 is 0 Å². The average molecular weight is 333 g/mol. The third-order valence-electron chi connectivity index (χ3n) is 3.83. The van der Waals surface area contributed by atoms with E-state index in [2.05, 4.69) is 0 Å². The van der Waals surface area contributed by atoms with Gasteiger partial charge >= 0.3 is 7.12 Å². The molecule has 1 aliphatic rings. The van der Waals surface area contributed by atoms with Gasteiger partial charge in [0, 0.05) is 6.54 Å². The van der Waals surface area contributed by atoms with E-state index in [0.717, 1.165) is 5.56 Å². The molecule has 0 spiro atoms. The second-order valence-corrected chi connectivity index (χ2v) is 7.41. The van der Waals surface area contributed by atoms with Gasteiger partial charge in [-0.2, -0.15) is 0 Å². The Balaban J connectivity index is 1.95. The van der Waals surface area contributed by atoms with E-state index in [1.807, 2.05) is 0 Å². The van der Waals surface area contributed by atoms with Gasteiger partial charge in [-0.25, -0.2) is 8.42 Å². The Morgan fingerprint density at radius 1 is 1.22 bits per heavy atom. The van der Waals surface area contributed by atoms with Crippen LogP contribution in [-0.2, 0) is 33.4 Å². The largest absolute Gasteiger partial charge is 0.508 e. The van der Waals surface area contributed by atoms with Gasteiger partial charge in [0.15, 0.2) is 9.84 Å². The van der Waals surface area contributed by atoms with Crippen LogP contribution in [0.4, 0.5) is 0 Å². The fraction of sp³-hybridized carbons (Fsp3) is 0.200. The molecule has 0 aromatic heterocycles. The van der Waals surface area contributed by atoms with Crippen molar-refractivity contribution in [2.45, 2.75) is 23.8 Å². The zero-order valence-electron chi connectivity index (χ0n) is 12.3. The Morgan fingerprint density at radius 2 is 2.00 bits per heavy atom. The number of nitrogens with two attached hydrogens (primary N) is 1. The summed E-state index contributed by atoms with van der Waals surface area (Å²) in [6.07, 6.45) is 0. The maximum atomic E-state index is 12.6. The second-order valence-electron chi connectivity index (χ2n) is 5.45. The van der Waals surface area contributed by atoms with Crippen molar-refractivity contribution in [1.29, 1.82) is 0 Å². The number of hydrogen-bond acceptors (Lipinski definition) is 6. The topological polar surface area (TPSA) is 110 Å². The van der Waals surface area contributed by atoms with Crippen molar-refractivity contribution in [3.63, 3.8) is 0 Å². The molecule has 1 aliphatic heterocycles. The summed E-state index contributed by atoms with van der Waals surface area (Å²) in [5.41, 5.74) is 7.96. The highest BCUT2D eigenvalue weighted by Crippen LogP contribution is 2.24. The zero-order valence-corrected chi connectivity index (χ0v) is 13.1. The Morgan fingerprint density at radius 3 is 2.74 bits per heavy atom. The average Bonchev–Trinajstić information content (AvgIpc) is 2.87. The van der Waals surface area contributed by atoms with Crippen LogP contribution in [0.15, 0.2) is 41.3 Å². The summed E-state index contributed by atoms with van der Waals surface area (Å²) in [7, 11) is -4.63. The van der Waals surface area contributed by atoms with Gasteiger partial charge in [-0.05, 0) is 40.4 Å². The Hall–Kier alpha value is -1.87. The van der Waals surface area contributed by atoms with E-state index in [1.54, 1.807) is 18.2 Å². The quantitative estimate of drug-likeness (QED) is 0.682. The minimum absolute atomic E-state index is 0.0136. The van der Waals surface area contributed by atoms with Crippen LogP contribution in [0.5, 0.6) is 5.75 Å². The van der Waals surface area contributed by atoms with E-state index in [-0.39, 0.29) is 22.9 Å². The SMILES string of the molecule is NCc1cc(O)ccc1S(=O)(=O)Cc1ccc2c(c1)B(O)OC2. The lowest BCUT2D eigenvalue weighted by Gasteiger charge is -2.10. The lowest BCUT2D eigenvalue weighted by atomic mass is 9.79. The second kappa shape index (κ2) is 5.97. The monoisotopic (exact) mass is 333 g/mol. The molecule has 4 N–H and O–H groups in total. The molecule has 0 amide bonds. The maximum absolute atomic E-state index is 12.6. The Kier molecular flexibility index (Phi) is 4.16. The lowest BCUT2D eigenvalue weighted by Crippen LogP contribution is -2.28. The van der Waals surface area contributed by atoms with Crippen LogP contribution in [0.2, 0.25) is 0 Å². The third-order valence-corrected chi connectivity index (χ3v) is 5.61. The van der Waals surface area contributed by atoms with Gasteiger partial charge in [-0.3, -0.25) is 0 Å². The minimum Gasteiger partial charge on any atom is -0.508 e. The van der Waals surface area contributed by atoms with E-state index in [1.165, 1.54) is 18.2 Å². The van der Waals surface area contributed by atoms with E-state index in [4.69, 9.17) is 10.4 Å². The van der Waals surface area contributed by atoms with Crippen LogP contribution in [0.3, 0.4) is 0 Å². The highest BCUT2D eigenvalue weighted by atomic mass is 32.2. The molecule has 1 heterocycles. The predicted molar refractivity (Wildman–Crippen MR) is 85.7 cm³/mol. The fourth-order valence-corrected chi connectivity index (χ4v) is 4.27. The van der Waals surface area contributed by atoms with Crippen LogP contribution < -0.4 is 11.2 Å². The highest BCUT2D eigenvalue weighted by molar-refractivity contribution is 7.90. The van der Waals surface area contributed by atoms with Gasteiger partial charge in [0.05, 0.1) is 17.3 Å². The van der Waals surface area contributed by atoms with Gasteiger partial charge in [0.2, 0.25) is 0 Å². The van der Waals surface area contributed by atoms with Crippen LogP contribution in [-0.4, -0.2) is 25.7 Å². The molecule has 0 fully saturated rings. The first kappa shape index (κ1) is 16.0. The molecule has 3 rings (SSSR count). The first-order valence-corrected chi connectivity index (χ1v) is 8.72. The van der Waals surface area contributed by atoms with E-state index in [9.17, 15) is 18.5 Å². The molecule has 2 aromatic carbocycles. The number of sulfone groups is 1.